The third-order valence-electron chi connectivity index (χ3n) is 27.2. The van der Waals surface area contributed by atoms with Gasteiger partial charge in [0.25, 0.3) is 11.8 Å². The highest BCUT2D eigenvalue weighted by atomic mass is 19.3. The van der Waals surface area contributed by atoms with Gasteiger partial charge in [0.15, 0.2) is 0 Å². The zero-order valence-corrected chi connectivity index (χ0v) is 62.1. The summed E-state index contributed by atoms with van der Waals surface area (Å²) in [5, 5.41) is 10.1. The number of halogens is 4. The molecule has 8 fully saturated rings. The Kier molecular flexibility index (Phi) is 16.5. The molecule has 8 heterocycles. The van der Waals surface area contributed by atoms with Crippen LogP contribution in [-0.4, -0.2) is 126 Å². The fourth-order valence-electron chi connectivity index (χ4n) is 20.8. The van der Waals surface area contributed by atoms with Crippen LogP contribution >= 0.6 is 0 Å². The monoisotopic (exact) mass is 1460 g/mol. The van der Waals surface area contributed by atoms with Gasteiger partial charge < -0.3 is 35.2 Å². The summed E-state index contributed by atoms with van der Waals surface area (Å²) in [5.41, 5.74) is 17.9. The number of alkyl halides is 4. The molecule has 108 heavy (non-hydrogen) atoms. The van der Waals surface area contributed by atoms with Crippen LogP contribution in [0.2, 0.25) is 0 Å². The zero-order valence-electron chi connectivity index (χ0n) is 62.1. The Balaban J connectivity index is 0.000000159. The van der Waals surface area contributed by atoms with Gasteiger partial charge in [-0.3, -0.25) is 34.4 Å². The van der Waals surface area contributed by atoms with Crippen molar-refractivity contribution in [1.82, 2.24) is 25.8 Å². The molecule has 6 aromatic rings. The molecular weight excluding hydrogens is 1370 g/mol. The van der Waals surface area contributed by atoms with E-state index >= 15 is 17.6 Å². The van der Waals surface area contributed by atoms with Gasteiger partial charge in [-0.1, -0.05) is 88.4 Å². The third-order valence-corrected chi connectivity index (χ3v) is 27.2. The standard InChI is InChI=1S/C52H57F2N5O6.C37H34F2N4/c1-27(2)38(23-45(60)64-5)48(61)59-35-11-7-32(18-35)47(59)43-21-33-17-29(10-14-41(33)56-43)30-8-12-36-37-13-9-31(20-40(37)52(53,54)39(36)19-30)34-22-42(55-25-34)44-24-51(15-16-51)26-58(44)49(62)46(28(3)4)57-50(63)65-6;38-37(39)29-13-21(20-4-8-31-24(11-20)15-33(43-31)35-23-1-5-26(12-23)42-35)2-6-27(29)28-7-3-22(14-30(28)37)25-16-32(40-18-25)34-17-36(9-10-36)19-41-34/h8-10,12-14,17,19-20,25,27-28,32,35,38,44,46-47H,7,11,15-16,18,21-24,26H2,1-6H3,(H,57,63);2-4,6-8,11,13-14,18,23,26,34-35,41-42H,1,5,9-10,12,15-17,19H2/t32-,35+,38-,44?,46-,47-;23-,26+,34-,35-/m00/s1. The number of alkyl carbamates (subject to hydrolysis) is 1. The van der Waals surface area contributed by atoms with Crippen LogP contribution in [0.25, 0.3) is 55.7 Å². The molecule has 1 unspecified atom stereocenters. The summed E-state index contributed by atoms with van der Waals surface area (Å²) < 4.78 is 75.5. The van der Waals surface area contributed by atoms with Crippen LogP contribution in [-0.2, 0) is 48.5 Å². The SMILES string of the molecule is COC(=O)C[C@H](C(=O)N1[C@@H]2CC[C@@H](C2)[C@H]1C1=Nc2ccc(-c3ccc4c(c3)C(F)(F)c3cc(C5=CN=C(C6CC7(CC7)CN6C(=O)[C@@H](NC(=O)OC)C(C)C)C5)ccc3-4)cc2C1)C(C)C.FC1(F)c2cc(C3=CN=C([C@@H]4CC5(CC5)CN4)C3)ccc2-c2ccc(-c3ccc4c(c3)CC([C@H]3N[C@@H]5CC[C@H]3C5)=N4)cc21. The third kappa shape index (κ3) is 11.7. The molecule has 6 aromatic carbocycles. The number of allylic oxidation sites excluding steroid dienone is 2. The second-order valence-electron chi connectivity index (χ2n) is 34.5. The molecule has 3 amide bonds. The minimum Gasteiger partial charge on any atom is -0.469 e. The van der Waals surface area contributed by atoms with Gasteiger partial charge in [-0.05, 0) is 238 Å². The number of benzene rings is 6. The molecule has 20 rings (SSSR count). The van der Waals surface area contributed by atoms with Gasteiger partial charge in [0.2, 0.25) is 11.8 Å². The van der Waals surface area contributed by atoms with Crippen molar-refractivity contribution in [2.75, 3.05) is 27.3 Å². The molecule has 3 N–H and O–H groups in total. The van der Waals surface area contributed by atoms with Crippen molar-refractivity contribution in [2.45, 2.75) is 191 Å². The van der Waals surface area contributed by atoms with E-state index in [0.717, 1.165) is 132 Å². The van der Waals surface area contributed by atoms with Crippen molar-refractivity contribution in [2.24, 2.45) is 60.4 Å². The van der Waals surface area contributed by atoms with E-state index in [2.05, 4.69) is 28.1 Å². The van der Waals surface area contributed by atoms with Gasteiger partial charge in [0.05, 0.1) is 50.0 Å². The maximum atomic E-state index is 16.7. The molecule has 19 heteroatoms. The largest absolute Gasteiger partial charge is 0.469 e. The van der Waals surface area contributed by atoms with E-state index in [4.69, 9.17) is 29.4 Å². The summed E-state index contributed by atoms with van der Waals surface area (Å²) in [6.45, 7) is 9.41. The lowest BCUT2D eigenvalue weighted by Crippen LogP contribution is -2.53. The first-order valence-electron chi connectivity index (χ1n) is 39.3. The summed E-state index contributed by atoms with van der Waals surface area (Å²) in [4.78, 5) is 76.2. The van der Waals surface area contributed by atoms with Crippen molar-refractivity contribution >= 4 is 69.2 Å². The lowest BCUT2D eigenvalue weighted by molar-refractivity contribution is -0.149. The van der Waals surface area contributed by atoms with Gasteiger partial charge in [-0.25, -0.2) is 4.79 Å². The summed E-state index contributed by atoms with van der Waals surface area (Å²) >= 11 is 0. The Hall–Kier alpha value is -9.20. The van der Waals surface area contributed by atoms with E-state index in [0.29, 0.717) is 88.1 Å². The molecule has 4 bridgehead atoms. The lowest BCUT2D eigenvalue weighted by atomic mass is 9.87. The Morgan fingerprint density at radius 1 is 0.565 bits per heavy atom. The zero-order chi connectivity index (χ0) is 74.2. The number of amides is 3. The number of piperidine rings is 2. The molecule has 14 aliphatic rings. The quantitative estimate of drug-likeness (QED) is 0.0671. The number of carbonyl (C=O) groups excluding carboxylic acids is 4. The Morgan fingerprint density at radius 2 is 1.10 bits per heavy atom. The van der Waals surface area contributed by atoms with Crippen molar-refractivity contribution in [3.63, 3.8) is 0 Å². The van der Waals surface area contributed by atoms with Crippen molar-refractivity contribution in [1.29, 1.82) is 0 Å². The van der Waals surface area contributed by atoms with Gasteiger partial charge in [0.1, 0.15) is 6.04 Å². The number of likely N-dealkylation sites (tertiary alicyclic amines) is 2. The number of esters is 1. The van der Waals surface area contributed by atoms with Gasteiger partial charge >= 0.3 is 12.1 Å². The number of nitrogens with one attached hydrogen (secondary N) is 3. The number of rotatable bonds is 15. The number of nitrogens with zero attached hydrogens (tertiary/aromatic N) is 6. The lowest BCUT2D eigenvalue weighted by Gasteiger charge is -2.38. The predicted octanol–water partition coefficient (Wildman–Crippen LogP) is 16.8. The van der Waals surface area contributed by atoms with Gasteiger partial charge in [-0.15, -0.1) is 0 Å². The van der Waals surface area contributed by atoms with Crippen molar-refractivity contribution < 1.29 is 46.2 Å². The summed E-state index contributed by atoms with van der Waals surface area (Å²) in [6, 6.07) is 34.4. The number of carbonyl (C=O) groups is 4. The number of hydrogen-bond acceptors (Lipinski definition) is 12. The minimum atomic E-state index is -3.24. The molecule has 556 valence electrons. The Bertz CT molecular complexity index is 5060. The molecule has 2 spiro atoms. The fraction of sp³-hybridized carbons (Fsp3) is 0.461. The second kappa shape index (κ2) is 25.7. The molecule has 10 atom stereocenters. The molecule has 4 saturated carbocycles. The maximum absolute atomic E-state index is 16.7. The average Bonchev–Trinajstić information content (AvgIpc) is 1.69. The smallest absolute Gasteiger partial charge is 0.407 e. The van der Waals surface area contributed by atoms with Gasteiger partial charge in [0, 0.05) is 120 Å². The number of hydrogen-bond donors (Lipinski definition) is 3. The van der Waals surface area contributed by atoms with E-state index in [1.807, 2.05) is 104 Å². The van der Waals surface area contributed by atoms with Crippen LogP contribution in [0.5, 0.6) is 0 Å². The first-order valence-corrected chi connectivity index (χ1v) is 39.3. The highest BCUT2D eigenvalue weighted by molar-refractivity contribution is 6.06. The van der Waals surface area contributed by atoms with Crippen LogP contribution in [0.4, 0.5) is 33.7 Å². The average molecular weight is 1460 g/mol. The number of ether oxygens (including phenoxy) is 2. The number of methoxy groups -OCH3 is 2. The van der Waals surface area contributed by atoms with E-state index < -0.39 is 29.9 Å². The van der Waals surface area contributed by atoms with E-state index in [1.54, 1.807) is 42.6 Å². The fourth-order valence-corrected chi connectivity index (χ4v) is 20.8. The highest BCUT2D eigenvalue weighted by Gasteiger charge is 2.57. The van der Waals surface area contributed by atoms with Crippen LogP contribution in [0.3, 0.4) is 0 Å². The summed E-state index contributed by atoms with van der Waals surface area (Å²) in [6.07, 6.45) is 19.0. The molecular formula is C89H91F4N9O6. The van der Waals surface area contributed by atoms with Crippen LogP contribution in [0.15, 0.2) is 142 Å². The second-order valence-corrected chi connectivity index (χ2v) is 34.5. The summed E-state index contributed by atoms with van der Waals surface area (Å²) in [5.74, 6) is -6.48. The highest BCUT2D eigenvalue weighted by Crippen LogP contribution is 2.59. The number of fused-ring (bicyclic) bond motifs is 12. The van der Waals surface area contributed by atoms with Crippen molar-refractivity contribution in [3.8, 4) is 44.5 Å². The first-order chi connectivity index (χ1) is 52.0. The Morgan fingerprint density at radius 3 is 1.64 bits per heavy atom. The minimum absolute atomic E-state index is 0.00470. The topological polar surface area (TPSA) is 179 Å². The maximum Gasteiger partial charge on any atom is 0.407 e. The molecule has 8 aliphatic heterocycles. The molecule has 6 aliphatic carbocycles. The first kappa shape index (κ1) is 69.3. The van der Waals surface area contributed by atoms with Crippen LogP contribution < -0.4 is 16.0 Å². The number of aliphatic imine (C=N–C) groups is 4. The predicted molar refractivity (Wildman–Crippen MR) is 411 cm³/mol. The molecule has 15 nitrogen and oxygen atoms in total. The van der Waals surface area contributed by atoms with Gasteiger partial charge in [-0.2, -0.15) is 17.6 Å². The van der Waals surface area contributed by atoms with Crippen molar-refractivity contribution in [3.05, 3.63) is 166 Å². The molecule has 4 saturated heterocycles. The van der Waals surface area contributed by atoms with E-state index in [-0.39, 0.29) is 81.8 Å². The summed E-state index contributed by atoms with van der Waals surface area (Å²) in [7, 11) is 2.63. The normalized spacial score (nSPS) is 26.7. The van der Waals surface area contributed by atoms with Crippen LogP contribution in [0, 0.1) is 40.4 Å². The molecule has 0 radical (unpaired) electrons. The van der Waals surface area contributed by atoms with Crippen LogP contribution in [0.1, 0.15) is 169 Å². The van der Waals surface area contributed by atoms with E-state index in [9.17, 15) is 19.2 Å². The Labute approximate surface area is 627 Å². The van der Waals surface area contributed by atoms with E-state index in [1.165, 1.54) is 57.6 Å². The molecule has 0 aromatic heterocycles.